The number of ether oxygens (including phenoxy) is 3. The van der Waals surface area contributed by atoms with E-state index in [0.29, 0.717) is 54.0 Å². The Morgan fingerprint density at radius 3 is 2.53 bits per heavy atom. The van der Waals surface area contributed by atoms with Crippen LogP contribution in [0.5, 0.6) is 11.5 Å². The van der Waals surface area contributed by atoms with Gasteiger partial charge in [0.2, 0.25) is 10.0 Å². The summed E-state index contributed by atoms with van der Waals surface area (Å²) in [7, 11) is -3.63. The van der Waals surface area contributed by atoms with Crippen molar-refractivity contribution in [1.82, 2.24) is 8.87 Å². The minimum absolute atomic E-state index is 0.134. The molecule has 1 aromatic heterocycles. The molecule has 1 saturated heterocycles. The molecule has 0 radical (unpaired) electrons. The molecule has 1 unspecified atom stereocenters. The number of thiazole rings is 1. The normalized spacial score (nSPS) is 18.5. The lowest BCUT2D eigenvalue weighted by Gasteiger charge is -2.30. The van der Waals surface area contributed by atoms with Crippen molar-refractivity contribution in [2.24, 2.45) is 10.9 Å². The van der Waals surface area contributed by atoms with Gasteiger partial charge in [-0.1, -0.05) is 18.3 Å². The van der Waals surface area contributed by atoms with Crippen molar-refractivity contribution in [1.29, 1.82) is 0 Å². The summed E-state index contributed by atoms with van der Waals surface area (Å²) in [6.45, 7) is 5.70. The van der Waals surface area contributed by atoms with Gasteiger partial charge < -0.3 is 18.8 Å². The van der Waals surface area contributed by atoms with E-state index in [1.165, 1.54) is 39.9 Å². The molecule has 10 nitrogen and oxygen atoms in total. The summed E-state index contributed by atoms with van der Waals surface area (Å²) in [5, 5.41) is 0. The van der Waals surface area contributed by atoms with Crippen LogP contribution >= 0.6 is 11.3 Å². The number of carbonyl (C=O) groups is 2. The first kappa shape index (κ1) is 26.4. The first-order valence-corrected chi connectivity index (χ1v) is 14.8. The number of benzene rings is 2. The van der Waals surface area contributed by atoms with Crippen molar-refractivity contribution < 1.29 is 32.2 Å². The smallest absolute Gasteiger partial charge is 0.326 e. The maximum atomic E-state index is 13.1. The molecule has 38 heavy (non-hydrogen) atoms. The van der Waals surface area contributed by atoms with Crippen LogP contribution in [0.25, 0.3) is 10.2 Å². The third-order valence-electron chi connectivity index (χ3n) is 6.50. The maximum Gasteiger partial charge on any atom is 0.326 e. The van der Waals surface area contributed by atoms with E-state index in [9.17, 15) is 18.0 Å². The predicted octanol–water partition coefficient (Wildman–Crippen LogP) is 3.20. The summed E-state index contributed by atoms with van der Waals surface area (Å²) in [5.41, 5.74) is 0.901. The van der Waals surface area contributed by atoms with Crippen molar-refractivity contribution in [2.45, 2.75) is 38.1 Å². The van der Waals surface area contributed by atoms with Gasteiger partial charge in [-0.3, -0.25) is 9.59 Å². The summed E-state index contributed by atoms with van der Waals surface area (Å²) in [4.78, 5) is 30.2. The number of fused-ring (bicyclic) bond motifs is 2. The number of piperidine rings is 1. The molecular formula is C26H29N3O7S2. The van der Waals surface area contributed by atoms with E-state index < -0.39 is 21.9 Å². The molecule has 2 aromatic carbocycles. The molecule has 3 aromatic rings. The Bertz CT molecular complexity index is 1540. The summed E-state index contributed by atoms with van der Waals surface area (Å²) >= 11 is 1.24. The number of aromatic nitrogens is 1. The summed E-state index contributed by atoms with van der Waals surface area (Å²) in [6.07, 6.45) is 1.84. The van der Waals surface area contributed by atoms with Crippen molar-refractivity contribution >= 4 is 43.5 Å². The monoisotopic (exact) mass is 559 g/mol. The Kier molecular flexibility index (Phi) is 7.55. The molecule has 0 N–H and O–H groups in total. The van der Waals surface area contributed by atoms with Crippen molar-refractivity contribution in [3.05, 3.63) is 46.8 Å². The molecule has 0 spiro atoms. The summed E-state index contributed by atoms with van der Waals surface area (Å²) in [5.74, 6) is 0.437. The number of nitrogens with zero attached hydrogens (tertiary/aromatic N) is 3. The fourth-order valence-electron chi connectivity index (χ4n) is 4.61. The highest BCUT2D eigenvalue weighted by molar-refractivity contribution is 7.89. The van der Waals surface area contributed by atoms with Gasteiger partial charge in [0.15, 0.2) is 16.3 Å². The van der Waals surface area contributed by atoms with Gasteiger partial charge in [-0.25, -0.2) is 8.42 Å². The minimum atomic E-state index is -3.63. The Labute approximate surface area is 224 Å². The fraction of sp³-hybridized carbons (Fsp3) is 0.423. The van der Waals surface area contributed by atoms with Crippen molar-refractivity contribution in [2.75, 3.05) is 32.9 Å². The Morgan fingerprint density at radius 2 is 1.84 bits per heavy atom. The number of sulfonamides is 1. The molecule has 1 amide bonds. The standard InChI is InChI=1S/C26H29N3O7S2/c1-3-34-24(30)16-29-20-13-21-22(36-12-11-35-21)14-23(20)37-26(29)27-25(31)18-6-8-19(9-7-18)38(32,33)28-10-4-5-17(2)15-28/h6-9,13-14,17H,3-5,10-12,15-16H2,1-2H3. The summed E-state index contributed by atoms with van der Waals surface area (Å²) < 4.78 is 46.5. The summed E-state index contributed by atoms with van der Waals surface area (Å²) in [6, 6.07) is 9.39. The van der Waals surface area contributed by atoms with Gasteiger partial charge in [0.25, 0.3) is 5.91 Å². The average Bonchev–Trinajstić information content (AvgIpc) is 3.22. The van der Waals surface area contributed by atoms with Crippen LogP contribution in [0, 0.1) is 5.92 Å². The lowest BCUT2D eigenvalue weighted by molar-refractivity contribution is -0.143. The van der Waals surface area contributed by atoms with E-state index in [0.717, 1.165) is 17.5 Å². The lowest BCUT2D eigenvalue weighted by Crippen LogP contribution is -2.39. The van der Waals surface area contributed by atoms with Gasteiger partial charge in [-0.15, -0.1) is 0 Å². The molecule has 5 rings (SSSR count). The molecule has 0 saturated carbocycles. The number of hydrogen-bond acceptors (Lipinski definition) is 8. The highest BCUT2D eigenvalue weighted by atomic mass is 32.2. The van der Waals surface area contributed by atoms with E-state index in [4.69, 9.17) is 14.2 Å². The topological polar surface area (TPSA) is 117 Å². The zero-order valence-corrected chi connectivity index (χ0v) is 22.8. The van der Waals surface area contributed by atoms with Gasteiger partial charge >= 0.3 is 5.97 Å². The van der Waals surface area contributed by atoms with Gasteiger partial charge in [0.1, 0.15) is 19.8 Å². The first-order chi connectivity index (χ1) is 18.3. The van der Waals surface area contributed by atoms with E-state index in [1.54, 1.807) is 23.6 Å². The third kappa shape index (κ3) is 5.33. The molecule has 12 heteroatoms. The second kappa shape index (κ2) is 10.9. The van der Waals surface area contributed by atoms with Crippen LogP contribution in [-0.2, 0) is 26.1 Å². The molecule has 0 aliphatic carbocycles. The van der Waals surface area contributed by atoms with Crippen LogP contribution in [0.4, 0.5) is 0 Å². The maximum absolute atomic E-state index is 13.1. The van der Waals surface area contributed by atoms with Crippen LogP contribution < -0.4 is 14.3 Å². The van der Waals surface area contributed by atoms with Crippen molar-refractivity contribution in [3.63, 3.8) is 0 Å². The average molecular weight is 560 g/mol. The van der Waals surface area contributed by atoms with Crippen LogP contribution in [0.1, 0.15) is 37.0 Å². The SMILES string of the molecule is CCOC(=O)Cn1c(=NC(=O)c2ccc(S(=O)(=O)N3CCCC(C)C3)cc2)sc2cc3c(cc21)OCCO3. The fourth-order valence-corrected chi connectivity index (χ4v) is 7.25. The molecule has 2 aliphatic heterocycles. The van der Waals surface area contributed by atoms with E-state index in [1.807, 2.05) is 6.92 Å². The van der Waals surface area contributed by atoms with Crippen LogP contribution in [-0.4, -0.2) is 62.1 Å². The Balaban J connectivity index is 1.48. The highest BCUT2D eigenvalue weighted by Gasteiger charge is 2.28. The molecule has 2 aliphatic rings. The highest BCUT2D eigenvalue weighted by Crippen LogP contribution is 2.35. The molecule has 202 valence electrons. The minimum Gasteiger partial charge on any atom is -0.486 e. The van der Waals surface area contributed by atoms with Gasteiger partial charge in [0, 0.05) is 30.8 Å². The van der Waals surface area contributed by atoms with Gasteiger partial charge in [0.05, 0.1) is 21.7 Å². The number of amides is 1. The predicted molar refractivity (Wildman–Crippen MR) is 141 cm³/mol. The molecule has 1 fully saturated rings. The first-order valence-electron chi connectivity index (χ1n) is 12.5. The van der Waals surface area contributed by atoms with E-state index in [-0.39, 0.29) is 23.6 Å². The third-order valence-corrected chi connectivity index (χ3v) is 9.42. The Hall–Kier alpha value is -3.22. The van der Waals surface area contributed by atoms with Gasteiger partial charge in [-0.2, -0.15) is 9.30 Å². The molecule has 0 bridgehead atoms. The van der Waals surface area contributed by atoms with Crippen LogP contribution in [0.15, 0.2) is 46.3 Å². The second-order valence-corrected chi connectivity index (χ2v) is 12.2. The quantitative estimate of drug-likeness (QED) is 0.426. The number of hydrogen-bond donors (Lipinski definition) is 0. The van der Waals surface area contributed by atoms with Gasteiger partial charge in [-0.05, 0) is 49.9 Å². The number of esters is 1. The lowest BCUT2D eigenvalue weighted by atomic mass is 10.0. The van der Waals surface area contributed by atoms with Crippen LogP contribution in [0.2, 0.25) is 0 Å². The molecule has 1 atom stereocenters. The molecule has 3 heterocycles. The number of rotatable bonds is 6. The zero-order chi connectivity index (χ0) is 26.9. The number of carbonyl (C=O) groups excluding carboxylic acids is 2. The zero-order valence-electron chi connectivity index (χ0n) is 21.2. The van der Waals surface area contributed by atoms with E-state index in [2.05, 4.69) is 4.99 Å². The second-order valence-electron chi connectivity index (χ2n) is 9.29. The molecular weight excluding hydrogens is 530 g/mol. The Morgan fingerprint density at radius 1 is 1.13 bits per heavy atom. The largest absolute Gasteiger partial charge is 0.486 e. The van der Waals surface area contributed by atoms with Crippen molar-refractivity contribution in [3.8, 4) is 11.5 Å². The van der Waals surface area contributed by atoms with Crippen LogP contribution in [0.3, 0.4) is 0 Å². The van der Waals surface area contributed by atoms with E-state index >= 15 is 0 Å².